The number of carbonyl (C=O) groups excluding carboxylic acids is 10. The van der Waals surface area contributed by atoms with Gasteiger partial charge in [0.05, 0.1) is 11.1 Å². The minimum absolute atomic E-state index is 0.00723. The van der Waals surface area contributed by atoms with Crippen LogP contribution < -0.4 is 0 Å². The van der Waals surface area contributed by atoms with Gasteiger partial charge < -0.3 is 37.9 Å². The van der Waals surface area contributed by atoms with Crippen molar-refractivity contribution in [2.75, 3.05) is 0 Å². The van der Waals surface area contributed by atoms with Crippen molar-refractivity contribution < 1.29 is 95.6 Å². The summed E-state index contributed by atoms with van der Waals surface area (Å²) in [6.07, 6.45) is -1.31. The van der Waals surface area contributed by atoms with Gasteiger partial charge in [-0.2, -0.15) is 0 Å². The van der Waals surface area contributed by atoms with Crippen molar-refractivity contribution in [1.29, 1.82) is 0 Å². The van der Waals surface area contributed by atoms with Crippen LogP contribution in [0.15, 0.2) is 36.4 Å². The first-order valence-corrected chi connectivity index (χ1v) is 31.5. The van der Waals surface area contributed by atoms with Crippen molar-refractivity contribution in [2.45, 2.75) is 286 Å². The number of unbranched alkanes of at least 4 members (excludes halogenated alkanes) is 12. The Morgan fingerprint density at radius 1 is 0.302 bits per heavy atom. The van der Waals surface area contributed by atoms with E-state index in [0.29, 0.717) is 77.0 Å². The lowest BCUT2D eigenvalue weighted by Crippen LogP contribution is -2.35. The molecular formula is C66H98O20. The van der Waals surface area contributed by atoms with Crippen LogP contribution in [-0.4, -0.2) is 109 Å². The maximum atomic E-state index is 15.2. The minimum atomic E-state index is -1.64. The average Bonchev–Trinajstić information content (AvgIpc) is 1.06. The van der Waals surface area contributed by atoms with Crippen LogP contribution in [0.2, 0.25) is 0 Å². The minimum Gasteiger partial charge on any atom is -0.431 e. The van der Waals surface area contributed by atoms with Crippen molar-refractivity contribution in [1.82, 2.24) is 0 Å². The molecule has 2 aromatic rings. The lowest BCUT2D eigenvalue weighted by molar-refractivity contribution is -0.187. The van der Waals surface area contributed by atoms with Crippen molar-refractivity contribution in [2.24, 2.45) is 0 Å². The van der Waals surface area contributed by atoms with E-state index in [0.717, 1.165) is 63.5 Å². The fourth-order valence-electron chi connectivity index (χ4n) is 8.79. The largest absolute Gasteiger partial charge is 0.509 e. The highest BCUT2D eigenvalue weighted by atomic mass is 17.2. The lowest BCUT2D eigenvalue weighted by atomic mass is 9.88. The van der Waals surface area contributed by atoms with Crippen LogP contribution in [0.25, 0.3) is 0 Å². The molecule has 0 heterocycles. The van der Waals surface area contributed by atoms with E-state index in [1.165, 1.54) is 24.3 Å². The Morgan fingerprint density at radius 3 is 0.767 bits per heavy atom. The predicted molar refractivity (Wildman–Crippen MR) is 321 cm³/mol. The van der Waals surface area contributed by atoms with Gasteiger partial charge in [-0.1, -0.05) is 157 Å². The molecule has 0 amide bonds. The number of rotatable bonds is 42. The van der Waals surface area contributed by atoms with Crippen LogP contribution in [-0.2, 0) is 47.7 Å². The summed E-state index contributed by atoms with van der Waals surface area (Å²) in [7, 11) is 0. The third-order valence-corrected chi connectivity index (χ3v) is 14.7. The summed E-state index contributed by atoms with van der Waals surface area (Å²) in [5.41, 5.74) is -3.40. The molecule has 20 nitrogen and oxygen atoms in total. The predicted octanol–water partition coefficient (Wildman–Crippen LogP) is 16.5. The van der Waals surface area contributed by atoms with Crippen LogP contribution in [0.3, 0.4) is 0 Å². The molecule has 0 bridgehead atoms. The van der Waals surface area contributed by atoms with Gasteiger partial charge in [-0.25, -0.2) is 38.5 Å². The third kappa shape index (κ3) is 26.4. The molecule has 0 aliphatic heterocycles. The molecule has 0 N–H and O–H groups in total. The molecular weight excluding hydrogens is 1110 g/mol. The maximum Gasteiger partial charge on any atom is 0.509 e. The summed E-state index contributed by atoms with van der Waals surface area (Å²) in [6, 6.07) is 7.19. The van der Waals surface area contributed by atoms with Gasteiger partial charge in [-0.05, 0) is 117 Å². The molecule has 2 rings (SSSR count). The molecule has 8 unspecified atom stereocenters. The van der Waals surface area contributed by atoms with Gasteiger partial charge in [0.2, 0.25) is 23.1 Å². The summed E-state index contributed by atoms with van der Waals surface area (Å²) < 4.78 is 44.2. The zero-order valence-electron chi connectivity index (χ0n) is 53.2. The standard InChI is InChI=1S/C66H98O20/c1-13-21-25-29-39-51(81-63(73)77-43(9)17-5)57(67)47-35-33-37-49(55(47)59(69)53(41-31-27-23-15-3)83-65(75)79-45(11)19-7)61(71)85-86-62(72)50-38-34-36-48(58(68)52(40-30-26-22-14-2)82-64(74)78-44(10)18-6)56(50)60(70)54(42-32-28-24-16-4)84-66(76)80-46(12)20-8/h33-38,43-46,51-54H,13-32,39-42H2,1-12H3. The highest BCUT2D eigenvalue weighted by Gasteiger charge is 2.39. The fraction of sp³-hybridized carbons (Fsp3) is 0.667. The molecule has 0 aliphatic carbocycles. The smallest absolute Gasteiger partial charge is 0.431 e. The topological polar surface area (TPSA) is 263 Å². The molecule has 0 aromatic heterocycles. The zero-order chi connectivity index (χ0) is 64.1. The summed E-state index contributed by atoms with van der Waals surface area (Å²) >= 11 is 0. The molecule has 0 saturated heterocycles. The number of benzene rings is 2. The van der Waals surface area contributed by atoms with Crippen molar-refractivity contribution >= 4 is 59.7 Å². The first-order chi connectivity index (χ1) is 41.2. The Morgan fingerprint density at radius 2 is 0.535 bits per heavy atom. The number of hydrogen-bond donors (Lipinski definition) is 0. The second-order valence-electron chi connectivity index (χ2n) is 21.8. The van der Waals surface area contributed by atoms with E-state index >= 15 is 9.59 Å². The number of hydrogen-bond acceptors (Lipinski definition) is 20. The van der Waals surface area contributed by atoms with Crippen molar-refractivity contribution in [3.8, 4) is 0 Å². The summed E-state index contributed by atoms with van der Waals surface area (Å²) in [4.78, 5) is 153. The van der Waals surface area contributed by atoms with Gasteiger partial charge in [-0.15, -0.1) is 0 Å². The Balaban J connectivity index is 3.02. The van der Waals surface area contributed by atoms with Crippen LogP contribution in [0.4, 0.5) is 19.2 Å². The van der Waals surface area contributed by atoms with Crippen molar-refractivity contribution in [3.05, 3.63) is 69.8 Å². The van der Waals surface area contributed by atoms with E-state index in [-0.39, 0.29) is 25.7 Å². The van der Waals surface area contributed by atoms with Crippen molar-refractivity contribution in [3.63, 3.8) is 0 Å². The molecule has 86 heavy (non-hydrogen) atoms. The van der Waals surface area contributed by atoms with Crippen LogP contribution >= 0.6 is 0 Å². The van der Waals surface area contributed by atoms with E-state index in [1.54, 1.807) is 55.4 Å². The van der Waals surface area contributed by atoms with E-state index < -0.39 is 142 Å². The molecule has 8 atom stereocenters. The van der Waals surface area contributed by atoms with E-state index in [2.05, 4.69) is 0 Å². The quantitative estimate of drug-likeness (QED) is 0.0149. The molecule has 482 valence electrons. The second-order valence-corrected chi connectivity index (χ2v) is 21.8. The Bertz CT molecular complexity index is 2300. The highest BCUT2D eigenvalue weighted by Crippen LogP contribution is 2.29. The van der Waals surface area contributed by atoms with Crippen LogP contribution in [0.5, 0.6) is 0 Å². The molecule has 0 radical (unpaired) electrons. The molecule has 0 spiro atoms. The number of ketones is 4. The normalized spacial score (nSPS) is 13.9. The molecule has 0 fully saturated rings. The summed E-state index contributed by atoms with van der Waals surface area (Å²) in [6.45, 7) is 21.6. The Labute approximate surface area is 509 Å². The highest BCUT2D eigenvalue weighted by molar-refractivity contribution is 6.18. The summed E-state index contributed by atoms with van der Waals surface area (Å²) in [5, 5.41) is 0. The second kappa shape index (κ2) is 42.1. The molecule has 0 saturated carbocycles. The molecule has 2 aromatic carbocycles. The Kier molecular flexibility index (Phi) is 36.8. The molecule has 0 aliphatic rings. The number of Topliss-reactive ketones (excluding diaryl/α,β-unsaturated/α-hetero) is 4. The van der Waals surface area contributed by atoms with Gasteiger partial charge in [-0.3, -0.25) is 19.2 Å². The van der Waals surface area contributed by atoms with E-state index in [1.807, 2.05) is 27.7 Å². The van der Waals surface area contributed by atoms with E-state index in [4.69, 9.17) is 47.7 Å². The summed E-state index contributed by atoms with van der Waals surface area (Å²) in [5.74, 6) is -6.93. The van der Waals surface area contributed by atoms with Crippen LogP contribution in [0.1, 0.15) is 299 Å². The average molecular weight is 1210 g/mol. The van der Waals surface area contributed by atoms with Gasteiger partial charge >= 0.3 is 36.6 Å². The van der Waals surface area contributed by atoms with Gasteiger partial charge in [0.25, 0.3) is 0 Å². The van der Waals surface area contributed by atoms with Gasteiger partial charge in [0, 0.05) is 22.3 Å². The fourth-order valence-corrected chi connectivity index (χ4v) is 8.79. The lowest BCUT2D eigenvalue weighted by Gasteiger charge is -2.23. The monoisotopic (exact) mass is 1210 g/mol. The molecule has 20 heteroatoms. The SMILES string of the molecule is CCCCCCC(OC(=O)OC(C)CC)C(=O)c1cccc(C(=O)OOC(=O)c2cccc(C(=O)C(CCCCCC)OC(=O)OC(C)CC)c2C(=O)C(CCCCCC)OC(=O)OC(C)CC)c1C(=O)C(CCCCCC)OC(=O)OC(C)CC. The van der Waals surface area contributed by atoms with Gasteiger partial charge in [0.15, 0.2) is 24.4 Å². The van der Waals surface area contributed by atoms with Gasteiger partial charge in [0.1, 0.15) is 24.4 Å². The number of ether oxygens (including phenoxy) is 8. The maximum absolute atomic E-state index is 15.2. The van der Waals surface area contributed by atoms with E-state index in [9.17, 15) is 38.4 Å². The first-order valence-electron chi connectivity index (χ1n) is 31.5. The zero-order valence-corrected chi connectivity index (χ0v) is 53.2. The number of carbonyl (C=O) groups is 10. The third-order valence-electron chi connectivity index (χ3n) is 14.7. The van der Waals surface area contributed by atoms with Crippen LogP contribution in [0, 0.1) is 0 Å². The first kappa shape index (κ1) is 75.2. The Hall–Kier alpha value is -6.86.